The predicted molar refractivity (Wildman–Crippen MR) is 59.8 cm³/mol. The fourth-order valence-corrected chi connectivity index (χ4v) is 1.69. The molecule has 1 heterocycles. The van der Waals surface area contributed by atoms with E-state index >= 15 is 0 Å². The lowest BCUT2D eigenvalue weighted by Gasteiger charge is -2.08. The van der Waals surface area contributed by atoms with Crippen molar-refractivity contribution in [1.29, 1.82) is 0 Å². The lowest BCUT2D eigenvalue weighted by atomic mass is 10.2. The number of hydrogen-bond acceptors (Lipinski definition) is 3. The summed E-state index contributed by atoms with van der Waals surface area (Å²) in [4.78, 5) is 22.2. The molecule has 0 bridgehead atoms. The van der Waals surface area contributed by atoms with Gasteiger partial charge in [0.2, 0.25) is 11.8 Å². The second-order valence-electron chi connectivity index (χ2n) is 3.68. The van der Waals surface area contributed by atoms with Crippen molar-refractivity contribution in [3.05, 3.63) is 34.9 Å². The minimum absolute atomic E-state index is 0.215. The van der Waals surface area contributed by atoms with Crippen molar-refractivity contribution >= 4 is 23.4 Å². The maximum atomic E-state index is 11.2. The van der Waals surface area contributed by atoms with Crippen LogP contribution in [0.4, 0.5) is 0 Å². The van der Waals surface area contributed by atoms with Crippen molar-refractivity contribution in [2.45, 2.75) is 19.0 Å². The van der Waals surface area contributed by atoms with Gasteiger partial charge in [-0.3, -0.25) is 14.9 Å². The Morgan fingerprint density at radius 3 is 2.56 bits per heavy atom. The highest BCUT2D eigenvalue weighted by atomic mass is 35.5. The number of rotatable bonds is 3. The molecule has 2 rings (SSSR count). The zero-order valence-electron chi connectivity index (χ0n) is 8.50. The number of benzene rings is 1. The predicted octanol–water partition coefficient (Wildman–Crippen LogP) is 0.845. The Hall–Kier alpha value is -1.39. The summed E-state index contributed by atoms with van der Waals surface area (Å²) in [5.41, 5.74) is 1.02. The van der Waals surface area contributed by atoms with Gasteiger partial charge >= 0.3 is 0 Å². The largest absolute Gasteiger partial charge is 0.301 e. The first-order valence-electron chi connectivity index (χ1n) is 4.96. The highest BCUT2D eigenvalue weighted by Gasteiger charge is 2.29. The van der Waals surface area contributed by atoms with Crippen LogP contribution in [0.1, 0.15) is 12.0 Å². The Morgan fingerprint density at radius 1 is 1.31 bits per heavy atom. The van der Waals surface area contributed by atoms with E-state index in [2.05, 4.69) is 10.6 Å². The van der Waals surface area contributed by atoms with Crippen LogP contribution in [0.3, 0.4) is 0 Å². The third-order valence-corrected chi connectivity index (χ3v) is 2.69. The molecule has 2 amide bonds. The van der Waals surface area contributed by atoms with E-state index in [9.17, 15) is 9.59 Å². The Kier molecular flexibility index (Phi) is 3.22. The summed E-state index contributed by atoms with van der Waals surface area (Å²) in [5.74, 6) is -0.474. The van der Waals surface area contributed by atoms with Crippen LogP contribution in [0.2, 0.25) is 5.02 Å². The molecule has 0 aliphatic carbocycles. The van der Waals surface area contributed by atoms with Crippen LogP contribution in [-0.4, -0.2) is 17.9 Å². The summed E-state index contributed by atoms with van der Waals surface area (Å²) in [6, 6.07) is 6.92. The lowest BCUT2D eigenvalue weighted by molar-refractivity contribution is -0.125. The standard InChI is InChI=1S/C11H11ClN2O2/c12-8-3-1-7(2-4-8)6-13-9-5-10(15)14-11(9)16/h1-4,9,13H,5-6H2,(H,14,15,16). The SMILES string of the molecule is O=C1CC(NCc2ccc(Cl)cc2)C(=O)N1. The summed E-state index contributed by atoms with van der Waals surface area (Å²) in [6.45, 7) is 0.544. The van der Waals surface area contributed by atoms with Crippen molar-refractivity contribution in [1.82, 2.24) is 10.6 Å². The number of imide groups is 1. The molecule has 1 fully saturated rings. The second-order valence-corrected chi connectivity index (χ2v) is 4.11. The number of nitrogens with one attached hydrogen (secondary N) is 2. The van der Waals surface area contributed by atoms with Gasteiger partial charge in [-0.2, -0.15) is 0 Å². The molecule has 1 aromatic rings. The number of hydrogen-bond donors (Lipinski definition) is 2. The van der Waals surface area contributed by atoms with Crippen molar-refractivity contribution in [3.63, 3.8) is 0 Å². The minimum atomic E-state index is -0.414. The minimum Gasteiger partial charge on any atom is -0.301 e. The van der Waals surface area contributed by atoms with Crippen LogP contribution in [-0.2, 0) is 16.1 Å². The summed E-state index contributed by atoms with van der Waals surface area (Å²) in [5, 5.41) is 5.95. The van der Waals surface area contributed by atoms with Crippen molar-refractivity contribution in [3.8, 4) is 0 Å². The van der Waals surface area contributed by atoms with E-state index in [1.807, 2.05) is 12.1 Å². The molecule has 84 valence electrons. The molecule has 0 aromatic heterocycles. The van der Waals surface area contributed by atoms with Crippen LogP contribution in [0.15, 0.2) is 24.3 Å². The second kappa shape index (κ2) is 4.63. The van der Waals surface area contributed by atoms with Gasteiger partial charge in [-0.15, -0.1) is 0 Å². The topological polar surface area (TPSA) is 58.2 Å². The molecule has 1 aromatic carbocycles. The third-order valence-electron chi connectivity index (χ3n) is 2.43. The van der Waals surface area contributed by atoms with E-state index in [-0.39, 0.29) is 18.2 Å². The molecule has 5 heteroatoms. The fourth-order valence-electron chi connectivity index (χ4n) is 1.56. The van der Waals surface area contributed by atoms with Gasteiger partial charge in [-0.05, 0) is 17.7 Å². The van der Waals surface area contributed by atoms with Crippen LogP contribution < -0.4 is 10.6 Å². The molecule has 1 saturated heterocycles. The maximum absolute atomic E-state index is 11.2. The van der Waals surface area contributed by atoms with E-state index in [4.69, 9.17) is 11.6 Å². The molecule has 2 N–H and O–H groups in total. The first-order valence-corrected chi connectivity index (χ1v) is 5.34. The quantitative estimate of drug-likeness (QED) is 0.768. The van der Waals surface area contributed by atoms with E-state index in [0.717, 1.165) is 5.56 Å². The van der Waals surface area contributed by atoms with Crippen LogP contribution in [0.25, 0.3) is 0 Å². The molecule has 0 spiro atoms. The Labute approximate surface area is 98.0 Å². The fraction of sp³-hybridized carbons (Fsp3) is 0.273. The number of carbonyl (C=O) groups excluding carboxylic acids is 2. The molecule has 0 saturated carbocycles. The van der Waals surface area contributed by atoms with Gasteiger partial charge in [0.05, 0.1) is 12.5 Å². The van der Waals surface area contributed by atoms with Gasteiger partial charge in [0.1, 0.15) is 0 Å². The zero-order valence-corrected chi connectivity index (χ0v) is 9.25. The summed E-state index contributed by atoms with van der Waals surface area (Å²) in [6.07, 6.45) is 0.215. The van der Waals surface area contributed by atoms with Crippen LogP contribution in [0, 0.1) is 0 Å². The van der Waals surface area contributed by atoms with Gasteiger partial charge in [0, 0.05) is 11.6 Å². The maximum Gasteiger partial charge on any atom is 0.244 e. The average Bonchev–Trinajstić information content (AvgIpc) is 2.57. The lowest BCUT2D eigenvalue weighted by Crippen LogP contribution is -2.35. The number of amides is 2. The van der Waals surface area contributed by atoms with E-state index < -0.39 is 6.04 Å². The smallest absolute Gasteiger partial charge is 0.244 e. The Bertz CT molecular complexity index is 416. The van der Waals surface area contributed by atoms with Crippen LogP contribution >= 0.6 is 11.6 Å². The van der Waals surface area contributed by atoms with Crippen molar-refractivity contribution in [2.24, 2.45) is 0 Å². The highest BCUT2D eigenvalue weighted by molar-refractivity contribution is 6.30. The zero-order chi connectivity index (χ0) is 11.5. The summed E-state index contributed by atoms with van der Waals surface area (Å²) in [7, 11) is 0. The number of carbonyl (C=O) groups is 2. The first kappa shape index (κ1) is 11.1. The first-order chi connectivity index (χ1) is 7.65. The van der Waals surface area contributed by atoms with E-state index in [0.29, 0.717) is 11.6 Å². The van der Waals surface area contributed by atoms with E-state index in [1.165, 1.54) is 0 Å². The normalized spacial score (nSPS) is 19.9. The molecule has 1 aliphatic heterocycles. The van der Waals surface area contributed by atoms with Crippen LogP contribution in [0.5, 0.6) is 0 Å². The molecule has 4 nitrogen and oxygen atoms in total. The monoisotopic (exact) mass is 238 g/mol. The highest BCUT2D eigenvalue weighted by Crippen LogP contribution is 2.10. The van der Waals surface area contributed by atoms with Gasteiger partial charge in [0.25, 0.3) is 0 Å². The Balaban J connectivity index is 1.90. The Morgan fingerprint density at radius 2 is 2.00 bits per heavy atom. The summed E-state index contributed by atoms with van der Waals surface area (Å²) >= 11 is 5.75. The third kappa shape index (κ3) is 2.59. The van der Waals surface area contributed by atoms with Crippen molar-refractivity contribution < 1.29 is 9.59 Å². The molecule has 1 aliphatic rings. The van der Waals surface area contributed by atoms with Gasteiger partial charge < -0.3 is 5.32 Å². The van der Waals surface area contributed by atoms with E-state index in [1.54, 1.807) is 12.1 Å². The summed E-state index contributed by atoms with van der Waals surface area (Å²) < 4.78 is 0. The molecule has 0 radical (unpaired) electrons. The van der Waals surface area contributed by atoms with Crippen molar-refractivity contribution in [2.75, 3.05) is 0 Å². The molecule has 1 unspecified atom stereocenters. The molecule has 1 atom stereocenters. The molecule has 16 heavy (non-hydrogen) atoms. The van der Waals surface area contributed by atoms with Gasteiger partial charge in [-0.25, -0.2) is 0 Å². The molecular weight excluding hydrogens is 228 g/mol. The number of halogens is 1. The average molecular weight is 239 g/mol. The van der Waals surface area contributed by atoms with Gasteiger partial charge in [-0.1, -0.05) is 23.7 Å². The van der Waals surface area contributed by atoms with Gasteiger partial charge in [0.15, 0.2) is 0 Å². The molecular formula is C11H11ClN2O2.